The lowest BCUT2D eigenvalue weighted by atomic mass is 9.89. The maximum Gasteiger partial charge on any atom is 0.0213 e. The van der Waals surface area contributed by atoms with Crippen LogP contribution in [0.4, 0.5) is 0 Å². The van der Waals surface area contributed by atoms with Crippen molar-refractivity contribution in [3.8, 4) is 0 Å². The first-order valence-electron chi connectivity index (χ1n) is 7.57. The van der Waals surface area contributed by atoms with E-state index in [9.17, 15) is 0 Å². The summed E-state index contributed by atoms with van der Waals surface area (Å²) in [6.07, 6.45) is 6.41. The van der Waals surface area contributed by atoms with Gasteiger partial charge >= 0.3 is 0 Å². The second kappa shape index (κ2) is 5.88. The first-order chi connectivity index (χ1) is 8.74. The highest BCUT2D eigenvalue weighted by Gasteiger charge is 2.27. The lowest BCUT2D eigenvalue weighted by Crippen LogP contribution is -2.43. The van der Waals surface area contributed by atoms with Crippen LogP contribution in [0.1, 0.15) is 69.9 Å². The van der Waals surface area contributed by atoms with Gasteiger partial charge in [0.15, 0.2) is 0 Å². The fourth-order valence-electron chi connectivity index (χ4n) is 2.90. The summed E-state index contributed by atoms with van der Waals surface area (Å²) in [5, 5.41) is 3.82. The van der Waals surface area contributed by atoms with Crippen LogP contribution in [0.5, 0.6) is 0 Å². The molecule has 0 atom stereocenters. The molecule has 1 aromatic carbocycles. The van der Waals surface area contributed by atoms with E-state index in [0.29, 0.717) is 5.54 Å². The number of benzene rings is 1. The summed E-state index contributed by atoms with van der Waals surface area (Å²) in [7, 11) is 0. The molecule has 0 spiro atoms. The lowest BCUT2D eigenvalue weighted by molar-refractivity contribution is 0.287. The molecule has 1 nitrogen and oxygen atoms in total. The molecule has 100 valence electrons. The average molecular weight is 245 g/mol. The number of nitrogens with one attached hydrogen (secondary N) is 1. The minimum atomic E-state index is 0.330. The van der Waals surface area contributed by atoms with Crippen LogP contribution in [-0.2, 0) is 6.54 Å². The van der Waals surface area contributed by atoms with Gasteiger partial charge < -0.3 is 5.32 Å². The molecule has 0 aliphatic heterocycles. The first kappa shape index (κ1) is 13.6. The summed E-state index contributed by atoms with van der Waals surface area (Å²) in [5.74, 6) is 0.849. The third kappa shape index (κ3) is 2.95. The Morgan fingerprint density at radius 2 is 1.67 bits per heavy atom. The molecular formula is C17H27N. The van der Waals surface area contributed by atoms with Crippen molar-refractivity contribution < 1.29 is 0 Å². The molecule has 0 aromatic heterocycles. The largest absolute Gasteiger partial charge is 0.307 e. The van der Waals surface area contributed by atoms with Gasteiger partial charge in [0.1, 0.15) is 0 Å². The van der Waals surface area contributed by atoms with Crippen LogP contribution in [0.3, 0.4) is 0 Å². The van der Waals surface area contributed by atoms with Crippen LogP contribution in [0.2, 0.25) is 0 Å². The minimum absolute atomic E-state index is 0.330. The Morgan fingerprint density at radius 3 is 2.22 bits per heavy atom. The summed E-state index contributed by atoms with van der Waals surface area (Å²) >= 11 is 0. The maximum atomic E-state index is 3.82. The van der Waals surface area contributed by atoms with Gasteiger partial charge in [-0.3, -0.25) is 0 Å². The SMILES string of the molecule is CCC(CC)(CC)NCc1ccccc1C1CC1. The van der Waals surface area contributed by atoms with Crippen LogP contribution in [0.25, 0.3) is 0 Å². The van der Waals surface area contributed by atoms with E-state index in [0.717, 1.165) is 12.5 Å². The second-order valence-electron chi connectivity index (χ2n) is 5.67. The Labute approximate surface area is 112 Å². The van der Waals surface area contributed by atoms with Gasteiger partial charge in [-0.05, 0) is 49.1 Å². The second-order valence-corrected chi connectivity index (χ2v) is 5.67. The van der Waals surface area contributed by atoms with Gasteiger partial charge in [0.25, 0.3) is 0 Å². The molecule has 2 rings (SSSR count). The van der Waals surface area contributed by atoms with Crippen LogP contribution in [-0.4, -0.2) is 5.54 Å². The molecule has 1 aliphatic rings. The monoisotopic (exact) mass is 245 g/mol. The van der Waals surface area contributed by atoms with Gasteiger partial charge in [-0.15, -0.1) is 0 Å². The molecule has 0 radical (unpaired) electrons. The number of hydrogen-bond donors (Lipinski definition) is 1. The zero-order valence-corrected chi connectivity index (χ0v) is 12.1. The highest BCUT2D eigenvalue weighted by molar-refractivity contribution is 5.33. The molecule has 0 bridgehead atoms. The van der Waals surface area contributed by atoms with Gasteiger partial charge in [0.2, 0.25) is 0 Å². The smallest absolute Gasteiger partial charge is 0.0213 e. The normalized spacial score (nSPS) is 15.9. The minimum Gasteiger partial charge on any atom is -0.307 e. The summed E-state index contributed by atoms with van der Waals surface area (Å²) in [6.45, 7) is 7.93. The lowest BCUT2D eigenvalue weighted by Gasteiger charge is -2.32. The van der Waals surface area contributed by atoms with Crippen molar-refractivity contribution in [1.82, 2.24) is 5.32 Å². The van der Waals surface area contributed by atoms with E-state index in [-0.39, 0.29) is 0 Å². The summed E-state index contributed by atoms with van der Waals surface area (Å²) in [5.41, 5.74) is 3.43. The van der Waals surface area contributed by atoms with Crippen molar-refractivity contribution in [1.29, 1.82) is 0 Å². The van der Waals surface area contributed by atoms with Crippen LogP contribution >= 0.6 is 0 Å². The van der Waals surface area contributed by atoms with E-state index in [1.807, 2.05) is 0 Å². The molecule has 1 heteroatoms. The van der Waals surface area contributed by atoms with E-state index in [1.165, 1.54) is 37.7 Å². The Kier molecular flexibility index (Phi) is 4.45. The fourth-order valence-corrected chi connectivity index (χ4v) is 2.90. The third-order valence-electron chi connectivity index (χ3n) is 4.76. The van der Waals surface area contributed by atoms with E-state index >= 15 is 0 Å². The van der Waals surface area contributed by atoms with E-state index < -0.39 is 0 Å². The van der Waals surface area contributed by atoms with Crippen molar-refractivity contribution >= 4 is 0 Å². The first-order valence-corrected chi connectivity index (χ1v) is 7.57. The third-order valence-corrected chi connectivity index (χ3v) is 4.76. The molecule has 1 fully saturated rings. The Morgan fingerprint density at radius 1 is 1.06 bits per heavy atom. The zero-order valence-electron chi connectivity index (χ0n) is 12.1. The van der Waals surface area contributed by atoms with Crippen LogP contribution < -0.4 is 5.32 Å². The predicted molar refractivity (Wildman–Crippen MR) is 78.9 cm³/mol. The molecular weight excluding hydrogens is 218 g/mol. The molecule has 0 unspecified atom stereocenters. The summed E-state index contributed by atoms with van der Waals surface area (Å²) < 4.78 is 0. The van der Waals surface area contributed by atoms with Gasteiger partial charge in [0, 0.05) is 12.1 Å². The van der Waals surface area contributed by atoms with E-state index in [2.05, 4.69) is 50.4 Å². The van der Waals surface area contributed by atoms with Crippen molar-refractivity contribution in [3.63, 3.8) is 0 Å². The van der Waals surface area contributed by atoms with Gasteiger partial charge in [-0.25, -0.2) is 0 Å². The summed E-state index contributed by atoms with van der Waals surface area (Å²) in [4.78, 5) is 0. The Balaban J connectivity index is 2.05. The van der Waals surface area contributed by atoms with Gasteiger partial charge in [-0.2, -0.15) is 0 Å². The number of rotatable bonds is 7. The van der Waals surface area contributed by atoms with Crippen molar-refractivity contribution in [2.45, 2.75) is 70.9 Å². The van der Waals surface area contributed by atoms with Crippen LogP contribution in [0, 0.1) is 0 Å². The number of hydrogen-bond acceptors (Lipinski definition) is 1. The van der Waals surface area contributed by atoms with Gasteiger partial charge in [0.05, 0.1) is 0 Å². The highest BCUT2D eigenvalue weighted by Crippen LogP contribution is 2.41. The highest BCUT2D eigenvalue weighted by atomic mass is 15.0. The topological polar surface area (TPSA) is 12.0 Å². The molecule has 1 aliphatic carbocycles. The molecule has 0 saturated heterocycles. The van der Waals surface area contributed by atoms with Gasteiger partial charge in [-0.1, -0.05) is 45.0 Å². The quantitative estimate of drug-likeness (QED) is 0.739. The molecule has 1 saturated carbocycles. The molecule has 0 heterocycles. The Bertz CT molecular complexity index is 367. The standard InChI is InChI=1S/C17H27N/c1-4-17(5-2,6-3)18-13-15-9-7-8-10-16(15)14-11-12-14/h7-10,14,18H,4-6,11-13H2,1-3H3. The Hall–Kier alpha value is -0.820. The maximum absolute atomic E-state index is 3.82. The molecule has 1 aromatic rings. The average Bonchev–Trinajstić information content (AvgIpc) is 3.26. The molecule has 18 heavy (non-hydrogen) atoms. The zero-order chi connectivity index (χ0) is 13.0. The molecule has 0 amide bonds. The van der Waals surface area contributed by atoms with E-state index in [1.54, 1.807) is 5.56 Å². The van der Waals surface area contributed by atoms with Crippen molar-refractivity contribution in [3.05, 3.63) is 35.4 Å². The fraction of sp³-hybridized carbons (Fsp3) is 0.647. The summed E-state index contributed by atoms with van der Waals surface area (Å²) in [6, 6.07) is 8.98. The van der Waals surface area contributed by atoms with E-state index in [4.69, 9.17) is 0 Å². The predicted octanol–water partition coefficient (Wildman–Crippen LogP) is 4.62. The van der Waals surface area contributed by atoms with Crippen molar-refractivity contribution in [2.75, 3.05) is 0 Å². The van der Waals surface area contributed by atoms with Crippen molar-refractivity contribution in [2.24, 2.45) is 0 Å². The van der Waals surface area contributed by atoms with Crippen LogP contribution in [0.15, 0.2) is 24.3 Å². The molecule has 1 N–H and O–H groups in total.